The van der Waals surface area contributed by atoms with Gasteiger partial charge in [0, 0.05) is 23.4 Å². The van der Waals surface area contributed by atoms with Gasteiger partial charge in [-0.3, -0.25) is 0 Å². The molecule has 0 aliphatic heterocycles. The average Bonchev–Trinajstić information content (AvgIpc) is 2.90. The molecule has 1 aromatic carbocycles. The number of phenolic OH excluding ortho intramolecular Hbond substituents is 1. The molecule has 1 aromatic heterocycles. The summed E-state index contributed by atoms with van der Waals surface area (Å²) in [6, 6.07) is 8.15. The molecule has 0 saturated heterocycles. The molecule has 0 atom stereocenters. The fourth-order valence-electron chi connectivity index (χ4n) is 1.99. The van der Waals surface area contributed by atoms with Crippen LogP contribution in [0.3, 0.4) is 0 Å². The Balaban J connectivity index is 1.96. The van der Waals surface area contributed by atoms with Crippen molar-refractivity contribution < 1.29 is 5.11 Å². The van der Waals surface area contributed by atoms with E-state index < -0.39 is 0 Å². The van der Waals surface area contributed by atoms with Crippen LogP contribution >= 0.6 is 43.2 Å². The van der Waals surface area contributed by atoms with Crippen LogP contribution in [0.15, 0.2) is 38.6 Å². The van der Waals surface area contributed by atoms with Gasteiger partial charge in [0.15, 0.2) is 0 Å². The average molecular weight is 419 g/mol. The number of thiophene rings is 1. The van der Waals surface area contributed by atoms with E-state index in [0.29, 0.717) is 8.95 Å². The van der Waals surface area contributed by atoms with Crippen LogP contribution in [-0.2, 0) is 12.0 Å². The summed E-state index contributed by atoms with van der Waals surface area (Å²) in [6.07, 6.45) is 0. The van der Waals surface area contributed by atoms with Crippen molar-refractivity contribution in [1.29, 1.82) is 0 Å². The summed E-state index contributed by atoms with van der Waals surface area (Å²) in [5, 5.41) is 15.3. The molecule has 0 fully saturated rings. The molecule has 0 aliphatic rings. The second-order valence-electron chi connectivity index (χ2n) is 5.37. The number of hydrogen-bond donors (Lipinski definition) is 2. The van der Waals surface area contributed by atoms with Crippen LogP contribution in [0, 0.1) is 0 Å². The molecule has 0 bridgehead atoms. The van der Waals surface area contributed by atoms with Crippen molar-refractivity contribution in [2.75, 3.05) is 6.54 Å². The first-order valence-electron chi connectivity index (χ1n) is 6.32. The minimum atomic E-state index is 0.125. The smallest absolute Gasteiger partial charge is 0.143 e. The van der Waals surface area contributed by atoms with E-state index in [1.54, 1.807) is 11.3 Å². The second-order valence-corrected chi connectivity index (χ2v) is 8.03. The van der Waals surface area contributed by atoms with E-state index in [1.165, 1.54) is 4.88 Å². The van der Waals surface area contributed by atoms with Crippen molar-refractivity contribution in [1.82, 2.24) is 5.32 Å². The highest BCUT2D eigenvalue weighted by atomic mass is 79.9. The Bertz CT molecular complexity index is 559. The summed E-state index contributed by atoms with van der Waals surface area (Å²) in [4.78, 5) is 1.39. The van der Waals surface area contributed by atoms with E-state index in [-0.39, 0.29) is 11.2 Å². The molecule has 2 nitrogen and oxygen atoms in total. The maximum Gasteiger partial charge on any atom is 0.143 e. The zero-order valence-electron chi connectivity index (χ0n) is 11.4. The van der Waals surface area contributed by atoms with Gasteiger partial charge >= 0.3 is 0 Å². The van der Waals surface area contributed by atoms with Crippen LogP contribution in [0.4, 0.5) is 0 Å². The van der Waals surface area contributed by atoms with Gasteiger partial charge in [0.05, 0.1) is 8.95 Å². The molecule has 0 saturated carbocycles. The van der Waals surface area contributed by atoms with Crippen LogP contribution in [0.2, 0.25) is 0 Å². The molecule has 0 spiro atoms. The van der Waals surface area contributed by atoms with Gasteiger partial charge in [0.2, 0.25) is 0 Å². The maximum absolute atomic E-state index is 9.70. The molecule has 0 radical (unpaired) electrons. The van der Waals surface area contributed by atoms with E-state index >= 15 is 0 Å². The molecule has 2 N–H and O–H groups in total. The molecule has 0 amide bonds. The molecule has 20 heavy (non-hydrogen) atoms. The first-order chi connectivity index (χ1) is 9.40. The fourth-order valence-corrected chi connectivity index (χ4v) is 4.12. The largest absolute Gasteiger partial charge is 0.506 e. The molecule has 5 heteroatoms. The van der Waals surface area contributed by atoms with Crippen LogP contribution < -0.4 is 5.32 Å². The minimum absolute atomic E-state index is 0.125. The van der Waals surface area contributed by atoms with Crippen LogP contribution in [-0.4, -0.2) is 11.7 Å². The Morgan fingerprint density at radius 3 is 2.45 bits per heavy atom. The first-order valence-corrected chi connectivity index (χ1v) is 8.78. The number of halogens is 2. The fraction of sp³-hybridized carbons (Fsp3) is 0.333. The summed E-state index contributed by atoms with van der Waals surface area (Å²) in [5.74, 6) is 0.243. The summed E-state index contributed by atoms with van der Waals surface area (Å²) in [7, 11) is 0. The van der Waals surface area contributed by atoms with Crippen molar-refractivity contribution in [2.45, 2.75) is 25.8 Å². The van der Waals surface area contributed by atoms with Gasteiger partial charge in [-0.1, -0.05) is 19.9 Å². The zero-order valence-corrected chi connectivity index (χ0v) is 15.4. The first kappa shape index (κ1) is 16.0. The van der Waals surface area contributed by atoms with Gasteiger partial charge in [-0.05, 0) is 61.0 Å². The Kier molecular flexibility index (Phi) is 5.29. The van der Waals surface area contributed by atoms with Gasteiger partial charge in [0.25, 0.3) is 0 Å². The monoisotopic (exact) mass is 417 g/mol. The van der Waals surface area contributed by atoms with Crippen molar-refractivity contribution >= 4 is 43.2 Å². The van der Waals surface area contributed by atoms with Crippen molar-refractivity contribution in [3.63, 3.8) is 0 Å². The highest BCUT2D eigenvalue weighted by Crippen LogP contribution is 2.33. The molecular formula is C15H17Br2NOS. The SMILES string of the molecule is CC(C)(CNCc1cc(Br)c(O)c(Br)c1)c1cccs1. The number of aromatic hydroxyl groups is 1. The lowest BCUT2D eigenvalue weighted by molar-refractivity contribution is 0.465. The number of nitrogens with one attached hydrogen (secondary N) is 1. The van der Waals surface area contributed by atoms with Gasteiger partial charge in [-0.15, -0.1) is 11.3 Å². The van der Waals surface area contributed by atoms with E-state index in [0.717, 1.165) is 18.7 Å². The van der Waals surface area contributed by atoms with Gasteiger partial charge in [-0.25, -0.2) is 0 Å². The summed E-state index contributed by atoms with van der Waals surface area (Å²) >= 11 is 8.50. The normalized spacial score (nSPS) is 11.8. The molecular weight excluding hydrogens is 402 g/mol. The zero-order chi connectivity index (χ0) is 14.8. The molecule has 108 valence electrons. The number of rotatable bonds is 5. The third-order valence-electron chi connectivity index (χ3n) is 3.16. The van der Waals surface area contributed by atoms with E-state index in [2.05, 4.69) is 68.5 Å². The molecule has 1 heterocycles. The third-order valence-corrected chi connectivity index (χ3v) is 5.61. The van der Waals surface area contributed by atoms with Crippen LogP contribution in [0.25, 0.3) is 0 Å². The summed E-state index contributed by atoms with van der Waals surface area (Å²) in [5.41, 5.74) is 1.25. The highest BCUT2D eigenvalue weighted by Gasteiger charge is 2.21. The lowest BCUT2D eigenvalue weighted by Gasteiger charge is -2.24. The van der Waals surface area contributed by atoms with E-state index in [1.807, 2.05) is 12.1 Å². The molecule has 2 rings (SSSR count). The van der Waals surface area contributed by atoms with Gasteiger partial charge < -0.3 is 10.4 Å². The molecule has 2 aromatic rings. The van der Waals surface area contributed by atoms with Gasteiger partial charge in [0.1, 0.15) is 5.75 Å². The standard InChI is InChI=1S/C15H17Br2NOS/c1-15(2,13-4-3-5-20-13)9-18-8-10-6-11(16)14(19)12(17)7-10/h3-7,18-19H,8-9H2,1-2H3. The number of benzene rings is 1. The quantitative estimate of drug-likeness (QED) is 0.712. The van der Waals surface area contributed by atoms with Gasteiger partial charge in [-0.2, -0.15) is 0 Å². The van der Waals surface area contributed by atoms with Crippen LogP contribution in [0.5, 0.6) is 5.75 Å². The Morgan fingerprint density at radius 1 is 1.25 bits per heavy atom. The topological polar surface area (TPSA) is 32.3 Å². The number of phenols is 1. The maximum atomic E-state index is 9.70. The lowest BCUT2D eigenvalue weighted by Crippen LogP contribution is -2.31. The Hall–Kier alpha value is -0.360. The van der Waals surface area contributed by atoms with Crippen molar-refractivity contribution in [2.24, 2.45) is 0 Å². The van der Waals surface area contributed by atoms with Crippen molar-refractivity contribution in [3.8, 4) is 5.75 Å². The van der Waals surface area contributed by atoms with Crippen LogP contribution in [0.1, 0.15) is 24.3 Å². The highest BCUT2D eigenvalue weighted by molar-refractivity contribution is 9.11. The van der Waals surface area contributed by atoms with Crippen molar-refractivity contribution in [3.05, 3.63) is 49.0 Å². The summed E-state index contributed by atoms with van der Waals surface area (Å²) < 4.78 is 1.42. The predicted octanol–water partition coefficient (Wildman–Crippen LogP) is 5.05. The van der Waals surface area contributed by atoms with E-state index in [9.17, 15) is 5.11 Å². The predicted molar refractivity (Wildman–Crippen MR) is 92.6 cm³/mol. The lowest BCUT2D eigenvalue weighted by atomic mass is 9.91. The minimum Gasteiger partial charge on any atom is -0.506 e. The van der Waals surface area contributed by atoms with E-state index in [4.69, 9.17) is 0 Å². The molecule has 0 aliphatic carbocycles. The summed E-state index contributed by atoms with van der Waals surface area (Å²) in [6.45, 7) is 6.17. The Labute approximate surface area is 140 Å². The number of hydrogen-bond acceptors (Lipinski definition) is 3. The Morgan fingerprint density at radius 2 is 1.90 bits per heavy atom. The second kappa shape index (κ2) is 6.60. The molecule has 0 unspecified atom stereocenters. The third kappa shape index (κ3) is 3.85.